The number of carboxylic acid groups (broad SMARTS) is 1. The third-order valence-electron chi connectivity index (χ3n) is 5.99. The van der Waals surface area contributed by atoms with Crippen LogP contribution in [0.5, 0.6) is 0 Å². The fraction of sp³-hybridized carbons (Fsp3) is 0.308. The number of benzene rings is 2. The monoisotopic (exact) mass is 493 g/mol. The number of carbonyl (C=O) groups is 3. The largest absolute Gasteiger partial charge is 0.481 e. The highest BCUT2D eigenvalue weighted by molar-refractivity contribution is 7.09. The topological polar surface area (TPSA) is 118 Å². The molecule has 0 spiro atoms. The van der Waals surface area contributed by atoms with Crippen LogP contribution in [0.4, 0.5) is 4.79 Å². The van der Waals surface area contributed by atoms with Gasteiger partial charge in [0.1, 0.15) is 11.6 Å². The quantitative estimate of drug-likeness (QED) is 0.394. The fourth-order valence-electron chi connectivity index (χ4n) is 4.09. The highest BCUT2D eigenvalue weighted by Crippen LogP contribution is 2.44. The van der Waals surface area contributed by atoms with Crippen LogP contribution in [0.15, 0.2) is 53.9 Å². The Morgan fingerprint density at radius 2 is 1.71 bits per heavy atom. The lowest BCUT2D eigenvalue weighted by molar-refractivity contribution is -0.141. The van der Waals surface area contributed by atoms with Crippen molar-refractivity contribution >= 4 is 29.3 Å². The molecule has 1 aliphatic rings. The van der Waals surface area contributed by atoms with Crippen LogP contribution in [-0.4, -0.2) is 41.2 Å². The van der Waals surface area contributed by atoms with Gasteiger partial charge in [0.05, 0.1) is 24.6 Å². The Morgan fingerprint density at radius 1 is 1.06 bits per heavy atom. The van der Waals surface area contributed by atoms with Gasteiger partial charge >= 0.3 is 12.1 Å². The fourth-order valence-corrected chi connectivity index (χ4v) is 4.82. The Balaban J connectivity index is 1.22. The first kappa shape index (κ1) is 24.4. The minimum atomic E-state index is -0.882. The lowest BCUT2D eigenvalue weighted by atomic mass is 9.98. The summed E-state index contributed by atoms with van der Waals surface area (Å²) in [4.78, 5) is 39.6. The van der Waals surface area contributed by atoms with Gasteiger partial charge in [-0.2, -0.15) is 0 Å². The molecule has 2 aromatic carbocycles. The first-order valence-corrected chi connectivity index (χ1v) is 12.3. The second kappa shape index (κ2) is 11.1. The molecular formula is C26H27N3O5S. The van der Waals surface area contributed by atoms with Crippen molar-refractivity contribution in [2.24, 2.45) is 5.92 Å². The number of thiazole rings is 1. The number of fused-ring (bicyclic) bond motifs is 3. The predicted octanol–water partition coefficient (Wildman–Crippen LogP) is 3.95. The average Bonchev–Trinajstić information content (AvgIpc) is 3.43. The van der Waals surface area contributed by atoms with Crippen LogP contribution >= 0.6 is 11.3 Å². The molecule has 3 N–H and O–H groups in total. The van der Waals surface area contributed by atoms with E-state index in [9.17, 15) is 14.4 Å². The van der Waals surface area contributed by atoms with Gasteiger partial charge in [0.25, 0.3) is 0 Å². The van der Waals surface area contributed by atoms with Crippen molar-refractivity contribution in [3.8, 4) is 11.1 Å². The minimum absolute atomic E-state index is 0.00314. The number of alkyl carbamates (subject to hydrolysis) is 1. The molecule has 3 aromatic rings. The van der Waals surface area contributed by atoms with E-state index in [1.165, 1.54) is 22.5 Å². The molecule has 1 aromatic heterocycles. The third kappa shape index (κ3) is 6.05. The lowest BCUT2D eigenvalue weighted by Gasteiger charge is -2.14. The summed E-state index contributed by atoms with van der Waals surface area (Å²) in [5, 5.41) is 16.8. The third-order valence-corrected chi connectivity index (χ3v) is 6.89. The van der Waals surface area contributed by atoms with Crippen LogP contribution in [0.3, 0.4) is 0 Å². The summed E-state index contributed by atoms with van der Waals surface area (Å²) in [5.41, 5.74) is 5.26. The van der Waals surface area contributed by atoms with E-state index in [1.54, 1.807) is 12.3 Å². The van der Waals surface area contributed by atoms with E-state index in [0.717, 1.165) is 11.1 Å². The van der Waals surface area contributed by atoms with Crippen molar-refractivity contribution in [3.05, 3.63) is 75.7 Å². The molecule has 1 aliphatic carbocycles. The standard InChI is InChI=1S/C26H27N3O5S/c1-16(25(31)32)10-11-27-23(30)12-17-15-35-24(29-17)13-28-26(33)34-14-22-20-8-4-2-6-18(20)19-7-3-5-9-21(19)22/h2-9,15-16,22H,10-14H2,1H3,(H,27,30)(H,28,33)(H,31,32). The van der Waals surface area contributed by atoms with Gasteiger partial charge in [-0.1, -0.05) is 55.5 Å². The van der Waals surface area contributed by atoms with Gasteiger partial charge in [0, 0.05) is 17.8 Å². The lowest BCUT2D eigenvalue weighted by Crippen LogP contribution is -2.28. The van der Waals surface area contributed by atoms with E-state index in [1.807, 2.05) is 24.3 Å². The number of hydrogen-bond acceptors (Lipinski definition) is 6. The molecule has 8 nitrogen and oxygen atoms in total. The number of aliphatic carboxylic acids is 1. The summed E-state index contributed by atoms with van der Waals surface area (Å²) in [6.07, 6.45) is -0.0509. The Bertz CT molecular complexity index is 1180. The molecular weight excluding hydrogens is 466 g/mol. The van der Waals surface area contributed by atoms with Crippen molar-refractivity contribution in [1.82, 2.24) is 15.6 Å². The maximum absolute atomic E-state index is 12.3. The van der Waals surface area contributed by atoms with Crippen LogP contribution in [-0.2, 0) is 27.3 Å². The molecule has 0 fully saturated rings. The van der Waals surface area contributed by atoms with Crippen LogP contribution in [0, 0.1) is 5.92 Å². The van der Waals surface area contributed by atoms with Crippen LogP contribution in [0.1, 0.15) is 41.1 Å². The number of rotatable bonds is 10. The number of carbonyl (C=O) groups excluding carboxylic acids is 2. The van der Waals surface area contributed by atoms with Crippen molar-refractivity contribution < 1.29 is 24.2 Å². The van der Waals surface area contributed by atoms with E-state index < -0.39 is 18.0 Å². The molecule has 9 heteroatoms. The molecule has 182 valence electrons. The zero-order valence-electron chi connectivity index (χ0n) is 19.3. The van der Waals surface area contributed by atoms with E-state index in [2.05, 4.69) is 39.9 Å². The van der Waals surface area contributed by atoms with E-state index in [-0.39, 0.29) is 31.4 Å². The van der Waals surface area contributed by atoms with Crippen molar-refractivity contribution in [1.29, 1.82) is 0 Å². The molecule has 1 unspecified atom stereocenters. The molecule has 1 atom stereocenters. The summed E-state index contributed by atoms with van der Waals surface area (Å²) >= 11 is 1.35. The number of hydrogen-bond donors (Lipinski definition) is 3. The predicted molar refractivity (Wildman–Crippen MR) is 132 cm³/mol. The van der Waals surface area contributed by atoms with Gasteiger partial charge in [0.15, 0.2) is 0 Å². The van der Waals surface area contributed by atoms with Gasteiger partial charge in [0.2, 0.25) is 5.91 Å². The van der Waals surface area contributed by atoms with Gasteiger partial charge in [-0.05, 0) is 28.7 Å². The molecule has 0 bridgehead atoms. The number of aromatic nitrogens is 1. The number of amides is 2. The Morgan fingerprint density at radius 3 is 2.37 bits per heavy atom. The number of carboxylic acids is 1. The highest BCUT2D eigenvalue weighted by Gasteiger charge is 2.29. The number of ether oxygens (including phenoxy) is 1. The summed E-state index contributed by atoms with van der Waals surface area (Å²) in [6, 6.07) is 16.3. The molecule has 2 amide bonds. The van der Waals surface area contributed by atoms with Crippen molar-refractivity contribution in [3.63, 3.8) is 0 Å². The molecule has 0 saturated carbocycles. The normalized spacial score (nSPS) is 12.9. The molecule has 1 heterocycles. The van der Waals surface area contributed by atoms with Crippen molar-refractivity contribution in [2.45, 2.75) is 32.2 Å². The Kier molecular flexibility index (Phi) is 7.77. The Labute approximate surface area is 207 Å². The SMILES string of the molecule is CC(CCNC(=O)Cc1csc(CNC(=O)OCC2c3ccccc3-c3ccccc32)n1)C(=O)O. The molecule has 35 heavy (non-hydrogen) atoms. The summed E-state index contributed by atoms with van der Waals surface area (Å²) in [7, 11) is 0. The van der Waals surface area contributed by atoms with Crippen LogP contribution in [0.2, 0.25) is 0 Å². The number of nitrogens with one attached hydrogen (secondary N) is 2. The first-order valence-electron chi connectivity index (χ1n) is 11.4. The van der Waals surface area contributed by atoms with Crippen LogP contribution < -0.4 is 10.6 Å². The van der Waals surface area contributed by atoms with Gasteiger partial charge < -0.3 is 20.5 Å². The highest BCUT2D eigenvalue weighted by atomic mass is 32.1. The zero-order valence-corrected chi connectivity index (χ0v) is 20.1. The van der Waals surface area contributed by atoms with Gasteiger partial charge in [-0.25, -0.2) is 9.78 Å². The smallest absolute Gasteiger partial charge is 0.407 e. The van der Waals surface area contributed by atoms with Gasteiger partial charge in [-0.3, -0.25) is 9.59 Å². The number of nitrogens with zero attached hydrogens (tertiary/aromatic N) is 1. The van der Waals surface area contributed by atoms with Crippen molar-refractivity contribution in [2.75, 3.05) is 13.2 Å². The first-order chi connectivity index (χ1) is 16.9. The average molecular weight is 494 g/mol. The summed E-state index contributed by atoms with van der Waals surface area (Å²) in [6.45, 7) is 2.35. The van der Waals surface area contributed by atoms with E-state index in [0.29, 0.717) is 23.7 Å². The second-order valence-electron chi connectivity index (χ2n) is 8.47. The van der Waals surface area contributed by atoms with Crippen LogP contribution in [0.25, 0.3) is 11.1 Å². The maximum Gasteiger partial charge on any atom is 0.407 e. The maximum atomic E-state index is 12.3. The summed E-state index contributed by atoms with van der Waals surface area (Å²) < 4.78 is 5.53. The van der Waals surface area contributed by atoms with E-state index >= 15 is 0 Å². The minimum Gasteiger partial charge on any atom is -0.481 e. The molecule has 0 saturated heterocycles. The molecule has 0 radical (unpaired) electrons. The Hall–Kier alpha value is -3.72. The molecule has 4 rings (SSSR count). The second-order valence-corrected chi connectivity index (χ2v) is 9.41. The van der Waals surface area contributed by atoms with Gasteiger partial charge in [-0.15, -0.1) is 11.3 Å². The molecule has 0 aliphatic heterocycles. The summed E-state index contributed by atoms with van der Waals surface area (Å²) in [5.74, 6) is -1.61. The zero-order chi connectivity index (χ0) is 24.8. The van der Waals surface area contributed by atoms with E-state index in [4.69, 9.17) is 9.84 Å².